The predicted molar refractivity (Wildman–Crippen MR) is 64.8 cm³/mol. The van der Waals surface area contributed by atoms with Crippen LogP contribution < -0.4 is 0 Å². The second-order valence-corrected chi connectivity index (χ2v) is 4.14. The summed E-state index contributed by atoms with van der Waals surface area (Å²) in [6.07, 6.45) is 1.22. The summed E-state index contributed by atoms with van der Waals surface area (Å²) in [5.74, 6) is -0.938. The third kappa shape index (κ3) is 2.01. The quantitative estimate of drug-likeness (QED) is 0.810. The number of fused-ring (bicyclic) bond motifs is 1. The molecule has 2 aromatic rings. The van der Waals surface area contributed by atoms with Gasteiger partial charge in [0.25, 0.3) is 0 Å². The van der Waals surface area contributed by atoms with Crippen LogP contribution in [0.5, 0.6) is 5.75 Å². The van der Waals surface area contributed by atoms with Gasteiger partial charge in [0.05, 0.1) is 23.0 Å². The molecule has 0 radical (unpaired) electrons. The van der Waals surface area contributed by atoms with Crippen LogP contribution >= 0.6 is 23.2 Å². The summed E-state index contributed by atoms with van der Waals surface area (Å²) in [7, 11) is 1.22. The highest BCUT2D eigenvalue weighted by Gasteiger charge is 2.17. The number of nitrogens with zero attached hydrogens (tertiary/aromatic N) is 1. The van der Waals surface area contributed by atoms with Crippen LogP contribution in [0.25, 0.3) is 10.9 Å². The summed E-state index contributed by atoms with van der Waals surface area (Å²) in [6, 6.07) is 3.01. The van der Waals surface area contributed by atoms with E-state index < -0.39 is 5.97 Å². The lowest BCUT2D eigenvalue weighted by Gasteiger charge is -2.07. The van der Waals surface area contributed by atoms with Gasteiger partial charge in [0.15, 0.2) is 0 Å². The highest BCUT2D eigenvalue weighted by molar-refractivity contribution is 6.39. The molecule has 1 aromatic heterocycles. The second kappa shape index (κ2) is 4.39. The molecule has 0 aliphatic heterocycles. The van der Waals surface area contributed by atoms with E-state index >= 15 is 0 Å². The number of carbonyl (C=O) groups is 1. The van der Waals surface area contributed by atoms with Crippen molar-refractivity contribution in [2.45, 2.75) is 0 Å². The van der Waals surface area contributed by atoms with Crippen molar-refractivity contribution in [1.82, 2.24) is 4.98 Å². The van der Waals surface area contributed by atoms with Crippen molar-refractivity contribution in [3.63, 3.8) is 0 Å². The number of aromatic hydroxyl groups is 1. The van der Waals surface area contributed by atoms with E-state index in [0.29, 0.717) is 10.5 Å². The van der Waals surface area contributed by atoms with Gasteiger partial charge in [0.1, 0.15) is 11.3 Å². The monoisotopic (exact) mass is 271 g/mol. The number of ether oxygens (including phenoxy) is 1. The molecule has 0 spiro atoms. The van der Waals surface area contributed by atoms with Crippen molar-refractivity contribution in [2.24, 2.45) is 0 Å². The molecule has 0 saturated carbocycles. The predicted octanol–water partition coefficient (Wildman–Crippen LogP) is 3.03. The molecule has 2 rings (SSSR count). The van der Waals surface area contributed by atoms with Gasteiger partial charge in [-0.05, 0) is 12.1 Å². The first-order valence-electron chi connectivity index (χ1n) is 4.59. The Kier molecular flexibility index (Phi) is 3.09. The SMILES string of the molecule is COC(=O)c1cnc2cc(Cl)cc(Cl)c2c1O. The zero-order valence-electron chi connectivity index (χ0n) is 8.70. The molecule has 0 atom stereocenters. The lowest BCUT2D eigenvalue weighted by molar-refractivity contribution is 0.0597. The van der Waals surface area contributed by atoms with Crippen LogP contribution in [-0.4, -0.2) is 23.2 Å². The molecule has 4 nitrogen and oxygen atoms in total. The fourth-order valence-corrected chi connectivity index (χ4v) is 2.06. The van der Waals surface area contributed by atoms with E-state index in [2.05, 4.69) is 9.72 Å². The van der Waals surface area contributed by atoms with E-state index in [1.165, 1.54) is 19.4 Å². The van der Waals surface area contributed by atoms with Crippen LogP contribution in [0.15, 0.2) is 18.3 Å². The molecule has 1 aromatic carbocycles. The fraction of sp³-hybridized carbons (Fsp3) is 0.0909. The van der Waals surface area contributed by atoms with E-state index in [0.717, 1.165) is 0 Å². The Morgan fingerprint density at radius 2 is 2.12 bits per heavy atom. The smallest absolute Gasteiger partial charge is 0.343 e. The molecule has 1 heterocycles. The van der Waals surface area contributed by atoms with Crippen molar-refractivity contribution in [2.75, 3.05) is 7.11 Å². The lowest BCUT2D eigenvalue weighted by atomic mass is 10.1. The summed E-state index contributed by atoms with van der Waals surface area (Å²) < 4.78 is 4.52. The summed E-state index contributed by atoms with van der Waals surface area (Å²) in [5.41, 5.74) is 0.372. The summed E-state index contributed by atoms with van der Waals surface area (Å²) in [4.78, 5) is 15.4. The Morgan fingerprint density at radius 1 is 1.41 bits per heavy atom. The molecular weight excluding hydrogens is 265 g/mol. The van der Waals surface area contributed by atoms with Crippen LogP contribution in [0, 0.1) is 0 Å². The Labute approximate surface area is 107 Å². The number of hydrogen-bond donors (Lipinski definition) is 1. The first-order valence-corrected chi connectivity index (χ1v) is 5.35. The number of carbonyl (C=O) groups excluding carboxylic acids is 1. The third-order valence-electron chi connectivity index (χ3n) is 2.26. The number of methoxy groups -OCH3 is 1. The van der Waals surface area contributed by atoms with E-state index in [4.69, 9.17) is 23.2 Å². The van der Waals surface area contributed by atoms with Crippen molar-refractivity contribution in [3.05, 3.63) is 33.9 Å². The van der Waals surface area contributed by atoms with Gasteiger partial charge in [-0.15, -0.1) is 0 Å². The molecule has 17 heavy (non-hydrogen) atoms. The zero-order valence-corrected chi connectivity index (χ0v) is 10.2. The zero-order chi connectivity index (χ0) is 12.6. The van der Waals surface area contributed by atoms with E-state index in [-0.39, 0.29) is 21.7 Å². The summed E-state index contributed by atoms with van der Waals surface area (Å²) in [5, 5.41) is 10.9. The largest absolute Gasteiger partial charge is 0.506 e. The van der Waals surface area contributed by atoms with E-state index in [1.54, 1.807) is 6.07 Å². The molecule has 0 amide bonds. The van der Waals surface area contributed by atoms with Crippen molar-refractivity contribution in [1.29, 1.82) is 0 Å². The van der Waals surface area contributed by atoms with Gasteiger partial charge in [0.2, 0.25) is 0 Å². The number of pyridine rings is 1. The number of aromatic nitrogens is 1. The first kappa shape index (κ1) is 12.0. The number of rotatable bonds is 1. The minimum Gasteiger partial charge on any atom is -0.506 e. The molecule has 6 heteroatoms. The molecule has 0 aliphatic rings. The number of esters is 1. The van der Waals surface area contributed by atoms with Gasteiger partial charge < -0.3 is 9.84 Å². The highest BCUT2D eigenvalue weighted by Crippen LogP contribution is 2.35. The number of hydrogen-bond acceptors (Lipinski definition) is 4. The van der Waals surface area contributed by atoms with Crippen LogP contribution in [0.3, 0.4) is 0 Å². The molecule has 0 bridgehead atoms. The summed E-state index contributed by atoms with van der Waals surface area (Å²) in [6.45, 7) is 0. The van der Waals surface area contributed by atoms with Crippen molar-refractivity contribution >= 4 is 40.1 Å². The van der Waals surface area contributed by atoms with Crippen molar-refractivity contribution in [3.8, 4) is 5.75 Å². The fourth-order valence-electron chi connectivity index (χ4n) is 1.49. The van der Waals surface area contributed by atoms with Crippen LogP contribution in [0.1, 0.15) is 10.4 Å². The standard InChI is InChI=1S/C11H7Cl2NO3/c1-17-11(16)6-4-14-8-3-5(12)2-7(13)9(8)10(6)15/h2-4H,1H3,(H,14,15). The van der Waals surface area contributed by atoms with Gasteiger partial charge in [-0.1, -0.05) is 23.2 Å². The number of benzene rings is 1. The van der Waals surface area contributed by atoms with Crippen molar-refractivity contribution < 1.29 is 14.6 Å². The van der Waals surface area contributed by atoms with Gasteiger partial charge >= 0.3 is 5.97 Å². The minimum atomic E-state index is -0.678. The molecule has 0 aliphatic carbocycles. The average molecular weight is 272 g/mol. The molecule has 0 fully saturated rings. The second-order valence-electron chi connectivity index (χ2n) is 3.29. The number of halogens is 2. The maximum absolute atomic E-state index is 11.4. The third-order valence-corrected chi connectivity index (χ3v) is 2.78. The van der Waals surface area contributed by atoms with Crippen LogP contribution in [0.4, 0.5) is 0 Å². The van der Waals surface area contributed by atoms with Gasteiger partial charge in [-0.2, -0.15) is 0 Å². The van der Waals surface area contributed by atoms with Gasteiger partial charge in [-0.3, -0.25) is 4.98 Å². The van der Waals surface area contributed by atoms with Gasteiger partial charge in [-0.25, -0.2) is 4.79 Å². The molecule has 0 unspecified atom stereocenters. The lowest BCUT2D eigenvalue weighted by Crippen LogP contribution is -2.02. The normalized spacial score (nSPS) is 10.5. The van der Waals surface area contributed by atoms with E-state index in [1.807, 2.05) is 0 Å². The maximum Gasteiger partial charge on any atom is 0.343 e. The molecular formula is C11H7Cl2NO3. The Balaban J connectivity index is 2.80. The Morgan fingerprint density at radius 3 is 2.76 bits per heavy atom. The Hall–Kier alpha value is -1.52. The first-order chi connectivity index (χ1) is 8.04. The topological polar surface area (TPSA) is 59.4 Å². The average Bonchev–Trinajstić information content (AvgIpc) is 2.27. The highest BCUT2D eigenvalue weighted by atomic mass is 35.5. The minimum absolute atomic E-state index is 0.0378. The van der Waals surface area contributed by atoms with Crippen LogP contribution in [-0.2, 0) is 4.74 Å². The van der Waals surface area contributed by atoms with Gasteiger partial charge in [0, 0.05) is 11.2 Å². The van der Waals surface area contributed by atoms with E-state index in [9.17, 15) is 9.90 Å². The molecule has 0 saturated heterocycles. The molecule has 1 N–H and O–H groups in total. The summed E-state index contributed by atoms with van der Waals surface area (Å²) >= 11 is 11.8. The molecule has 88 valence electrons. The maximum atomic E-state index is 11.4. The van der Waals surface area contributed by atoms with Crippen LogP contribution in [0.2, 0.25) is 10.0 Å². The Bertz CT molecular complexity index is 613.